The van der Waals surface area contributed by atoms with Gasteiger partial charge in [0.15, 0.2) is 0 Å². The van der Waals surface area contributed by atoms with Gasteiger partial charge in [-0.25, -0.2) is 14.4 Å². The van der Waals surface area contributed by atoms with E-state index < -0.39 is 5.41 Å². The van der Waals surface area contributed by atoms with Crippen molar-refractivity contribution in [3.05, 3.63) is 84.1 Å². The quantitative estimate of drug-likeness (QED) is 0.373. The van der Waals surface area contributed by atoms with Gasteiger partial charge in [0, 0.05) is 36.3 Å². The Labute approximate surface area is 211 Å². The number of para-hydroxylation sites is 2. The summed E-state index contributed by atoms with van der Waals surface area (Å²) in [4.78, 5) is 30.2. The number of hydrogen-bond donors (Lipinski definition) is 1. The smallest absolute Gasteiger partial charge is 0.232 e. The minimum Gasteiger partial charge on any atom is -0.357 e. The number of fused-ring (bicyclic) bond motifs is 1. The lowest BCUT2D eigenvalue weighted by molar-refractivity contribution is -0.125. The SMILES string of the molecule is CC(C)(C)C(=O)N(Cc1ccc(N2CCC(c3nc4ccccc4[nH]3)CC2)nc1)c1ccc(F)cc1. The molecule has 2 aromatic carbocycles. The van der Waals surface area contributed by atoms with E-state index in [1.165, 1.54) is 12.1 Å². The van der Waals surface area contributed by atoms with Crippen LogP contribution in [0.15, 0.2) is 66.9 Å². The molecular formula is C29H32FN5O. The second-order valence-corrected chi connectivity index (χ2v) is 10.5. The van der Waals surface area contributed by atoms with Crippen molar-refractivity contribution in [2.75, 3.05) is 22.9 Å². The average molecular weight is 486 g/mol. The maximum atomic E-state index is 13.5. The molecule has 4 aromatic rings. The molecule has 6 nitrogen and oxygen atoms in total. The van der Waals surface area contributed by atoms with Crippen molar-refractivity contribution in [3.8, 4) is 0 Å². The highest BCUT2D eigenvalue weighted by molar-refractivity contribution is 5.96. The van der Waals surface area contributed by atoms with Crippen molar-refractivity contribution in [3.63, 3.8) is 0 Å². The van der Waals surface area contributed by atoms with E-state index in [2.05, 4.69) is 16.0 Å². The minimum atomic E-state index is -0.564. The summed E-state index contributed by atoms with van der Waals surface area (Å²) in [6, 6.07) is 18.3. The minimum absolute atomic E-state index is 0.0224. The molecule has 36 heavy (non-hydrogen) atoms. The first-order valence-corrected chi connectivity index (χ1v) is 12.5. The molecule has 0 bridgehead atoms. The fourth-order valence-electron chi connectivity index (χ4n) is 4.73. The third kappa shape index (κ3) is 5.10. The number of imidazole rings is 1. The fourth-order valence-corrected chi connectivity index (χ4v) is 4.73. The first kappa shape index (κ1) is 24.0. The first-order valence-electron chi connectivity index (χ1n) is 12.5. The summed E-state index contributed by atoms with van der Waals surface area (Å²) in [7, 11) is 0. The number of aromatic amines is 1. The van der Waals surface area contributed by atoms with Gasteiger partial charge in [-0.2, -0.15) is 0 Å². The van der Waals surface area contributed by atoms with Gasteiger partial charge < -0.3 is 14.8 Å². The van der Waals surface area contributed by atoms with Crippen LogP contribution in [0.4, 0.5) is 15.9 Å². The molecule has 0 saturated carbocycles. The zero-order valence-corrected chi connectivity index (χ0v) is 21.0. The predicted molar refractivity (Wildman–Crippen MR) is 142 cm³/mol. The van der Waals surface area contributed by atoms with Gasteiger partial charge >= 0.3 is 0 Å². The Hall–Kier alpha value is -3.74. The molecule has 0 spiro atoms. The topological polar surface area (TPSA) is 65.1 Å². The molecular weight excluding hydrogens is 453 g/mol. The second-order valence-electron chi connectivity index (χ2n) is 10.5. The Morgan fingerprint density at radius 2 is 1.78 bits per heavy atom. The Kier molecular flexibility index (Phi) is 6.48. The molecule has 3 heterocycles. The highest BCUT2D eigenvalue weighted by atomic mass is 19.1. The van der Waals surface area contributed by atoms with E-state index in [4.69, 9.17) is 9.97 Å². The Bertz CT molecular complexity index is 1300. The number of halogens is 1. The molecule has 0 aliphatic carbocycles. The van der Waals surface area contributed by atoms with Gasteiger partial charge in [0.05, 0.1) is 17.6 Å². The number of H-pyrrole nitrogens is 1. The Balaban J connectivity index is 1.25. The van der Waals surface area contributed by atoms with Crippen molar-refractivity contribution in [2.45, 2.75) is 46.1 Å². The van der Waals surface area contributed by atoms with E-state index in [0.29, 0.717) is 18.2 Å². The van der Waals surface area contributed by atoms with E-state index in [0.717, 1.165) is 54.2 Å². The summed E-state index contributed by atoms with van der Waals surface area (Å²) in [5.74, 6) is 2.09. The van der Waals surface area contributed by atoms with E-state index >= 15 is 0 Å². The number of hydrogen-bond acceptors (Lipinski definition) is 4. The molecule has 1 amide bonds. The van der Waals surface area contributed by atoms with Gasteiger partial charge in [-0.3, -0.25) is 4.79 Å². The van der Waals surface area contributed by atoms with Crippen LogP contribution < -0.4 is 9.80 Å². The number of aromatic nitrogens is 3. The summed E-state index contributed by atoms with van der Waals surface area (Å²) in [6.45, 7) is 7.88. The van der Waals surface area contributed by atoms with E-state index in [1.54, 1.807) is 17.0 Å². The van der Waals surface area contributed by atoms with Crippen molar-refractivity contribution in [2.24, 2.45) is 5.41 Å². The van der Waals surface area contributed by atoms with Crippen molar-refractivity contribution >= 4 is 28.4 Å². The van der Waals surface area contributed by atoms with E-state index in [-0.39, 0.29) is 11.7 Å². The molecule has 5 rings (SSSR count). The van der Waals surface area contributed by atoms with Crippen molar-refractivity contribution < 1.29 is 9.18 Å². The summed E-state index contributed by atoms with van der Waals surface area (Å²) < 4.78 is 13.5. The number of nitrogens with zero attached hydrogens (tertiary/aromatic N) is 4. The number of pyridine rings is 1. The van der Waals surface area contributed by atoms with Gasteiger partial charge in [-0.05, 0) is 60.9 Å². The Morgan fingerprint density at radius 3 is 2.42 bits per heavy atom. The van der Waals surface area contributed by atoms with Crippen LogP contribution in [0.2, 0.25) is 0 Å². The monoisotopic (exact) mass is 485 g/mol. The van der Waals surface area contributed by atoms with Crippen LogP contribution in [0, 0.1) is 11.2 Å². The van der Waals surface area contributed by atoms with E-state index in [1.807, 2.05) is 57.3 Å². The standard InChI is InChI=1S/C29H32FN5O/c1-29(2,3)28(36)35(23-11-9-22(30)10-12-23)19-20-8-13-26(31-18-20)34-16-14-21(15-17-34)27-32-24-6-4-5-7-25(24)33-27/h4-13,18,21H,14-17,19H2,1-3H3,(H,32,33). The lowest BCUT2D eigenvalue weighted by atomic mass is 9.94. The molecule has 1 aliphatic rings. The average Bonchev–Trinajstić information content (AvgIpc) is 3.32. The van der Waals surface area contributed by atoms with Gasteiger partial charge in [-0.15, -0.1) is 0 Å². The zero-order valence-electron chi connectivity index (χ0n) is 21.0. The van der Waals surface area contributed by atoms with Crippen LogP contribution in [0.1, 0.15) is 50.9 Å². The van der Waals surface area contributed by atoms with Crippen LogP contribution in [-0.4, -0.2) is 33.9 Å². The molecule has 1 saturated heterocycles. The highest BCUT2D eigenvalue weighted by Gasteiger charge is 2.29. The van der Waals surface area contributed by atoms with Gasteiger partial charge in [0.25, 0.3) is 0 Å². The van der Waals surface area contributed by atoms with Crippen LogP contribution in [0.5, 0.6) is 0 Å². The van der Waals surface area contributed by atoms with Crippen LogP contribution in [0.25, 0.3) is 11.0 Å². The van der Waals surface area contributed by atoms with Crippen LogP contribution >= 0.6 is 0 Å². The van der Waals surface area contributed by atoms with Crippen molar-refractivity contribution in [1.82, 2.24) is 15.0 Å². The van der Waals surface area contributed by atoms with E-state index in [9.17, 15) is 9.18 Å². The summed E-state index contributed by atoms with van der Waals surface area (Å²) in [6.07, 6.45) is 3.87. The van der Waals surface area contributed by atoms with Gasteiger partial charge in [-0.1, -0.05) is 39.0 Å². The predicted octanol–water partition coefficient (Wildman–Crippen LogP) is 6.06. The molecule has 186 valence electrons. The number of amides is 1. The molecule has 0 radical (unpaired) electrons. The fraction of sp³-hybridized carbons (Fsp3) is 0.345. The first-order chi connectivity index (χ1) is 17.3. The third-order valence-corrected chi connectivity index (χ3v) is 6.79. The number of rotatable bonds is 5. The maximum absolute atomic E-state index is 13.5. The largest absolute Gasteiger partial charge is 0.357 e. The third-order valence-electron chi connectivity index (χ3n) is 6.79. The molecule has 1 N–H and O–H groups in total. The normalized spacial score (nSPS) is 14.8. The summed E-state index contributed by atoms with van der Waals surface area (Å²) in [5, 5.41) is 0. The number of carbonyl (C=O) groups excluding carboxylic acids is 1. The lowest BCUT2D eigenvalue weighted by Gasteiger charge is -2.32. The number of anilines is 2. The van der Waals surface area contributed by atoms with Gasteiger partial charge in [0.1, 0.15) is 17.5 Å². The van der Waals surface area contributed by atoms with Crippen LogP contribution in [-0.2, 0) is 11.3 Å². The Morgan fingerprint density at radius 1 is 1.06 bits per heavy atom. The molecule has 7 heteroatoms. The number of benzene rings is 2. The molecule has 0 atom stereocenters. The van der Waals surface area contributed by atoms with Crippen LogP contribution in [0.3, 0.4) is 0 Å². The highest BCUT2D eigenvalue weighted by Crippen LogP contribution is 2.30. The number of carbonyl (C=O) groups is 1. The van der Waals surface area contributed by atoms with Gasteiger partial charge in [0.2, 0.25) is 5.91 Å². The van der Waals surface area contributed by atoms with Crippen molar-refractivity contribution in [1.29, 1.82) is 0 Å². The number of piperidine rings is 1. The molecule has 0 unspecified atom stereocenters. The maximum Gasteiger partial charge on any atom is 0.232 e. The summed E-state index contributed by atoms with van der Waals surface area (Å²) >= 11 is 0. The second kappa shape index (κ2) is 9.72. The molecule has 1 fully saturated rings. The zero-order chi connectivity index (χ0) is 25.3. The summed E-state index contributed by atoms with van der Waals surface area (Å²) in [5.41, 5.74) is 3.15. The molecule has 1 aliphatic heterocycles. The molecule has 2 aromatic heterocycles. The number of nitrogens with one attached hydrogen (secondary N) is 1. The lowest BCUT2D eigenvalue weighted by Crippen LogP contribution is -2.39.